The van der Waals surface area contributed by atoms with Gasteiger partial charge in [0.15, 0.2) is 6.10 Å². The zero-order valence-corrected chi connectivity index (χ0v) is 10.9. The molecule has 0 heterocycles. The highest BCUT2D eigenvalue weighted by atomic mass is 35.5. The summed E-state index contributed by atoms with van der Waals surface area (Å²) in [5.74, 6) is 0.394. The maximum Gasteiger partial charge on any atom is 0.260 e. The molecule has 4 nitrogen and oxygen atoms in total. The van der Waals surface area contributed by atoms with E-state index in [0.717, 1.165) is 0 Å². The maximum atomic E-state index is 11.8. The summed E-state index contributed by atoms with van der Waals surface area (Å²) in [4.78, 5) is 11.8. The number of carbonyl (C=O) groups is 1. The minimum Gasteiger partial charge on any atom is -0.481 e. The number of rotatable bonds is 4. The summed E-state index contributed by atoms with van der Waals surface area (Å²) in [6.07, 6.45) is 0.381. The summed E-state index contributed by atoms with van der Waals surface area (Å²) in [7, 11) is 0. The maximum absolute atomic E-state index is 11.8. The van der Waals surface area contributed by atoms with Gasteiger partial charge in [-0.15, -0.1) is 0 Å². The van der Waals surface area contributed by atoms with E-state index in [9.17, 15) is 4.79 Å². The van der Waals surface area contributed by atoms with Crippen molar-refractivity contribution in [2.75, 3.05) is 0 Å². The van der Waals surface area contributed by atoms with Crippen molar-refractivity contribution < 1.29 is 14.6 Å². The summed E-state index contributed by atoms with van der Waals surface area (Å²) < 4.78 is 5.49. The SMILES string of the molecule is CC(Oc1cccc(Cl)c1)C(=O)NC1CC(O)C1. The first-order valence-corrected chi connectivity index (χ1v) is 6.33. The molecule has 0 saturated heterocycles. The molecule has 1 aromatic rings. The van der Waals surface area contributed by atoms with E-state index < -0.39 is 6.10 Å². The van der Waals surface area contributed by atoms with Crippen LogP contribution in [0.2, 0.25) is 5.02 Å². The van der Waals surface area contributed by atoms with Crippen LogP contribution in [-0.4, -0.2) is 29.3 Å². The first-order valence-electron chi connectivity index (χ1n) is 5.95. The van der Waals surface area contributed by atoms with E-state index in [4.69, 9.17) is 21.4 Å². The van der Waals surface area contributed by atoms with Crippen molar-refractivity contribution in [3.63, 3.8) is 0 Å². The highest BCUT2D eigenvalue weighted by Gasteiger charge is 2.29. The third-order valence-corrected chi connectivity index (χ3v) is 3.17. The molecule has 1 aromatic carbocycles. The number of amides is 1. The van der Waals surface area contributed by atoms with Gasteiger partial charge in [-0.2, -0.15) is 0 Å². The summed E-state index contributed by atoms with van der Waals surface area (Å²) >= 11 is 5.83. The second-order valence-electron chi connectivity index (χ2n) is 4.55. The second kappa shape index (κ2) is 5.59. The highest BCUT2D eigenvalue weighted by molar-refractivity contribution is 6.30. The van der Waals surface area contributed by atoms with Crippen molar-refractivity contribution in [3.05, 3.63) is 29.3 Å². The van der Waals surface area contributed by atoms with Gasteiger partial charge in [0.2, 0.25) is 0 Å². The first kappa shape index (κ1) is 13.2. The zero-order valence-electron chi connectivity index (χ0n) is 10.1. The Bertz CT molecular complexity index is 432. The molecule has 1 amide bonds. The molecule has 0 spiro atoms. The Morgan fingerprint density at radius 1 is 1.56 bits per heavy atom. The molecule has 5 heteroatoms. The number of ether oxygens (including phenoxy) is 1. The Balaban J connectivity index is 1.83. The molecule has 2 N–H and O–H groups in total. The normalized spacial score (nSPS) is 23.9. The molecule has 1 fully saturated rings. The Labute approximate surface area is 111 Å². The number of halogens is 1. The standard InChI is InChI=1S/C13H16ClNO3/c1-8(13(17)15-10-6-11(16)7-10)18-12-4-2-3-9(14)5-12/h2-5,8,10-11,16H,6-7H2,1H3,(H,15,17). The smallest absolute Gasteiger partial charge is 0.260 e. The predicted octanol–water partition coefficient (Wildman–Crippen LogP) is 1.75. The molecule has 1 atom stereocenters. The highest BCUT2D eigenvalue weighted by Crippen LogP contribution is 2.21. The van der Waals surface area contributed by atoms with Crippen LogP contribution in [0.25, 0.3) is 0 Å². The van der Waals surface area contributed by atoms with Crippen molar-refractivity contribution in [1.82, 2.24) is 5.32 Å². The third kappa shape index (κ3) is 3.37. The molecule has 1 aliphatic rings. The lowest BCUT2D eigenvalue weighted by Gasteiger charge is -2.32. The van der Waals surface area contributed by atoms with E-state index in [2.05, 4.69) is 5.32 Å². The molecule has 0 aliphatic heterocycles. The van der Waals surface area contributed by atoms with E-state index in [1.54, 1.807) is 31.2 Å². The van der Waals surface area contributed by atoms with Gasteiger partial charge in [0.25, 0.3) is 5.91 Å². The molecular formula is C13H16ClNO3. The van der Waals surface area contributed by atoms with Crippen LogP contribution >= 0.6 is 11.6 Å². The zero-order chi connectivity index (χ0) is 13.1. The van der Waals surface area contributed by atoms with Gasteiger partial charge in [-0.05, 0) is 38.0 Å². The first-order chi connectivity index (χ1) is 8.54. The van der Waals surface area contributed by atoms with Gasteiger partial charge < -0.3 is 15.2 Å². The van der Waals surface area contributed by atoms with Crippen LogP contribution in [0.4, 0.5) is 0 Å². The monoisotopic (exact) mass is 269 g/mol. The number of carbonyl (C=O) groups excluding carboxylic acids is 1. The Morgan fingerprint density at radius 2 is 2.28 bits per heavy atom. The lowest BCUT2D eigenvalue weighted by atomic mass is 9.89. The molecule has 1 aliphatic carbocycles. The van der Waals surface area contributed by atoms with Crippen molar-refractivity contribution >= 4 is 17.5 Å². The van der Waals surface area contributed by atoms with E-state index in [0.29, 0.717) is 23.6 Å². The molecule has 2 rings (SSSR count). The number of aliphatic hydroxyl groups excluding tert-OH is 1. The summed E-state index contributed by atoms with van der Waals surface area (Å²) in [5, 5.41) is 12.5. The van der Waals surface area contributed by atoms with Gasteiger partial charge in [-0.1, -0.05) is 17.7 Å². The average Bonchev–Trinajstić information content (AvgIpc) is 2.26. The van der Waals surface area contributed by atoms with E-state index in [-0.39, 0.29) is 18.1 Å². The number of aliphatic hydroxyl groups is 1. The van der Waals surface area contributed by atoms with Crippen molar-refractivity contribution in [2.24, 2.45) is 0 Å². The molecule has 18 heavy (non-hydrogen) atoms. The summed E-state index contributed by atoms with van der Waals surface area (Å²) in [5.41, 5.74) is 0. The van der Waals surface area contributed by atoms with Crippen LogP contribution in [0.3, 0.4) is 0 Å². The van der Waals surface area contributed by atoms with Crippen LogP contribution in [0.5, 0.6) is 5.75 Å². The fourth-order valence-electron chi connectivity index (χ4n) is 1.82. The Hall–Kier alpha value is -1.26. The molecule has 0 bridgehead atoms. The number of nitrogens with one attached hydrogen (secondary N) is 1. The third-order valence-electron chi connectivity index (χ3n) is 2.94. The minimum atomic E-state index is -0.582. The molecule has 98 valence electrons. The van der Waals surface area contributed by atoms with E-state index >= 15 is 0 Å². The van der Waals surface area contributed by atoms with Crippen LogP contribution in [-0.2, 0) is 4.79 Å². The molecule has 1 unspecified atom stereocenters. The van der Waals surface area contributed by atoms with Gasteiger partial charge in [0.05, 0.1) is 6.10 Å². The predicted molar refractivity (Wildman–Crippen MR) is 68.7 cm³/mol. The summed E-state index contributed by atoms with van der Waals surface area (Å²) in [6.45, 7) is 1.69. The summed E-state index contributed by atoms with van der Waals surface area (Å²) in [6, 6.07) is 7.00. The van der Waals surface area contributed by atoms with Gasteiger partial charge in [-0.3, -0.25) is 4.79 Å². The van der Waals surface area contributed by atoms with Gasteiger partial charge in [0, 0.05) is 11.1 Å². The van der Waals surface area contributed by atoms with Crippen LogP contribution in [0.15, 0.2) is 24.3 Å². The number of benzene rings is 1. The Morgan fingerprint density at radius 3 is 2.89 bits per heavy atom. The average molecular weight is 270 g/mol. The topological polar surface area (TPSA) is 58.6 Å². The molecule has 0 aromatic heterocycles. The fourth-order valence-corrected chi connectivity index (χ4v) is 2.00. The molecule has 0 radical (unpaired) electrons. The van der Waals surface area contributed by atoms with Gasteiger partial charge in [0.1, 0.15) is 5.75 Å². The lowest BCUT2D eigenvalue weighted by Crippen LogP contribution is -2.50. The van der Waals surface area contributed by atoms with Gasteiger partial charge in [-0.25, -0.2) is 0 Å². The van der Waals surface area contributed by atoms with E-state index in [1.807, 2.05) is 0 Å². The van der Waals surface area contributed by atoms with Crippen LogP contribution in [0.1, 0.15) is 19.8 Å². The lowest BCUT2D eigenvalue weighted by molar-refractivity contribution is -0.129. The second-order valence-corrected chi connectivity index (χ2v) is 4.98. The quantitative estimate of drug-likeness (QED) is 0.875. The van der Waals surface area contributed by atoms with Crippen molar-refractivity contribution in [1.29, 1.82) is 0 Å². The van der Waals surface area contributed by atoms with Gasteiger partial charge >= 0.3 is 0 Å². The van der Waals surface area contributed by atoms with Crippen LogP contribution < -0.4 is 10.1 Å². The van der Waals surface area contributed by atoms with Crippen molar-refractivity contribution in [3.8, 4) is 5.75 Å². The number of hydrogen-bond donors (Lipinski definition) is 2. The van der Waals surface area contributed by atoms with Crippen LogP contribution in [0, 0.1) is 0 Å². The molecular weight excluding hydrogens is 254 g/mol. The number of hydrogen-bond acceptors (Lipinski definition) is 3. The molecule has 1 saturated carbocycles. The fraction of sp³-hybridized carbons (Fsp3) is 0.462. The van der Waals surface area contributed by atoms with Crippen molar-refractivity contribution in [2.45, 2.75) is 38.0 Å². The Kier molecular flexibility index (Phi) is 4.09. The minimum absolute atomic E-state index is 0.0675. The van der Waals surface area contributed by atoms with E-state index in [1.165, 1.54) is 0 Å². The largest absolute Gasteiger partial charge is 0.481 e.